The maximum atomic E-state index is 4.46. The minimum atomic E-state index is 0.333. The van der Waals surface area contributed by atoms with Crippen molar-refractivity contribution in [1.82, 2.24) is 19.7 Å². The van der Waals surface area contributed by atoms with Crippen molar-refractivity contribution in [3.63, 3.8) is 0 Å². The molecule has 0 unspecified atom stereocenters. The molecule has 2 rings (SSSR count). The Morgan fingerprint density at radius 2 is 2.07 bits per heavy atom. The Bertz CT molecular complexity index is 446. The van der Waals surface area contributed by atoms with Crippen LogP contribution in [0.4, 0.5) is 0 Å². The average Bonchev–Trinajstić information content (AvgIpc) is 2.69. The van der Waals surface area contributed by atoms with Crippen LogP contribution in [0.15, 0.2) is 24.5 Å². The molecule has 0 aromatic carbocycles. The van der Waals surface area contributed by atoms with Gasteiger partial charge in [-0.15, -0.1) is 0 Å². The van der Waals surface area contributed by atoms with Gasteiger partial charge in [-0.3, -0.25) is 0 Å². The van der Waals surface area contributed by atoms with Gasteiger partial charge in [0.25, 0.3) is 0 Å². The average molecular weight is 202 g/mol. The van der Waals surface area contributed by atoms with E-state index in [9.17, 15) is 0 Å². The van der Waals surface area contributed by atoms with E-state index in [4.69, 9.17) is 0 Å². The second-order valence-electron chi connectivity index (χ2n) is 3.83. The van der Waals surface area contributed by atoms with Crippen LogP contribution >= 0.6 is 0 Å². The molecular weight excluding hydrogens is 188 g/mol. The third kappa shape index (κ3) is 2.03. The van der Waals surface area contributed by atoms with Gasteiger partial charge >= 0.3 is 0 Å². The summed E-state index contributed by atoms with van der Waals surface area (Å²) in [6.45, 7) is 6.14. The highest BCUT2D eigenvalue weighted by Crippen LogP contribution is 2.12. The molecule has 0 N–H and O–H groups in total. The Hall–Kier alpha value is -1.71. The van der Waals surface area contributed by atoms with Crippen LogP contribution in [0, 0.1) is 6.92 Å². The van der Waals surface area contributed by atoms with Crippen LogP contribution in [-0.2, 0) is 0 Å². The Labute approximate surface area is 89.0 Å². The van der Waals surface area contributed by atoms with Crippen molar-refractivity contribution in [1.29, 1.82) is 0 Å². The van der Waals surface area contributed by atoms with E-state index in [0.29, 0.717) is 5.92 Å². The molecule has 0 radical (unpaired) electrons. The lowest BCUT2D eigenvalue weighted by Gasteiger charge is -2.07. The third-order valence-corrected chi connectivity index (χ3v) is 2.11. The van der Waals surface area contributed by atoms with Crippen LogP contribution < -0.4 is 0 Å². The predicted molar refractivity (Wildman–Crippen MR) is 58.0 cm³/mol. The lowest BCUT2D eigenvalue weighted by atomic mass is 10.2. The van der Waals surface area contributed by atoms with Crippen molar-refractivity contribution in [3.8, 4) is 5.82 Å². The lowest BCUT2D eigenvalue weighted by molar-refractivity contribution is 0.738. The van der Waals surface area contributed by atoms with Crippen molar-refractivity contribution in [2.75, 3.05) is 0 Å². The lowest BCUT2D eigenvalue weighted by Crippen LogP contribution is -2.05. The number of hydrogen-bond acceptors (Lipinski definition) is 3. The fourth-order valence-corrected chi connectivity index (χ4v) is 1.35. The quantitative estimate of drug-likeness (QED) is 0.749. The molecule has 2 aromatic rings. The Morgan fingerprint density at radius 3 is 2.67 bits per heavy atom. The zero-order chi connectivity index (χ0) is 10.8. The smallest absolute Gasteiger partial charge is 0.157 e. The molecule has 15 heavy (non-hydrogen) atoms. The van der Waals surface area contributed by atoms with Gasteiger partial charge in [0.15, 0.2) is 5.82 Å². The van der Waals surface area contributed by atoms with Gasteiger partial charge in [0.2, 0.25) is 0 Å². The van der Waals surface area contributed by atoms with Gasteiger partial charge < -0.3 is 0 Å². The maximum Gasteiger partial charge on any atom is 0.157 e. The Morgan fingerprint density at radius 1 is 1.27 bits per heavy atom. The third-order valence-electron chi connectivity index (χ3n) is 2.11. The van der Waals surface area contributed by atoms with E-state index in [1.165, 1.54) is 0 Å². The van der Waals surface area contributed by atoms with Crippen molar-refractivity contribution < 1.29 is 0 Å². The van der Waals surface area contributed by atoms with E-state index in [-0.39, 0.29) is 0 Å². The highest BCUT2D eigenvalue weighted by Gasteiger charge is 2.07. The molecule has 2 heterocycles. The van der Waals surface area contributed by atoms with Gasteiger partial charge in [-0.2, -0.15) is 5.10 Å². The first-order valence-electron chi connectivity index (χ1n) is 5.02. The fourth-order valence-electron chi connectivity index (χ4n) is 1.35. The highest BCUT2D eigenvalue weighted by molar-refractivity contribution is 5.24. The summed E-state index contributed by atoms with van der Waals surface area (Å²) in [5.41, 5.74) is 0.971. The van der Waals surface area contributed by atoms with Gasteiger partial charge in [0, 0.05) is 30.1 Å². The molecule has 0 spiro atoms. The van der Waals surface area contributed by atoms with Crippen molar-refractivity contribution in [3.05, 3.63) is 36.0 Å². The summed E-state index contributed by atoms with van der Waals surface area (Å²) in [4.78, 5) is 8.86. The van der Waals surface area contributed by atoms with E-state index in [2.05, 4.69) is 28.9 Å². The SMILES string of the molecule is Cc1cc(-n2cccn2)nc(C(C)C)n1. The molecule has 0 fully saturated rings. The molecule has 4 heteroatoms. The first-order valence-corrected chi connectivity index (χ1v) is 5.02. The van der Waals surface area contributed by atoms with Crippen molar-refractivity contribution in [2.24, 2.45) is 0 Å². The minimum Gasteiger partial charge on any atom is -0.238 e. The molecule has 0 saturated carbocycles. The van der Waals surface area contributed by atoms with E-state index < -0.39 is 0 Å². The van der Waals surface area contributed by atoms with Crippen LogP contribution in [0.1, 0.15) is 31.3 Å². The second-order valence-corrected chi connectivity index (χ2v) is 3.83. The van der Waals surface area contributed by atoms with Gasteiger partial charge in [-0.1, -0.05) is 13.8 Å². The van der Waals surface area contributed by atoms with Gasteiger partial charge in [-0.05, 0) is 13.0 Å². The van der Waals surface area contributed by atoms with Gasteiger partial charge in [0.05, 0.1) is 0 Å². The normalized spacial score (nSPS) is 10.9. The second kappa shape index (κ2) is 3.81. The summed E-state index contributed by atoms with van der Waals surface area (Å²) >= 11 is 0. The summed E-state index contributed by atoms with van der Waals surface area (Å²) in [7, 11) is 0. The zero-order valence-electron chi connectivity index (χ0n) is 9.18. The van der Waals surface area contributed by atoms with Crippen LogP contribution in [0.3, 0.4) is 0 Å². The number of rotatable bonds is 2. The van der Waals surface area contributed by atoms with E-state index >= 15 is 0 Å². The number of aromatic nitrogens is 4. The van der Waals surface area contributed by atoms with Crippen LogP contribution in [0.25, 0.3) is 5.82 Å². The number of nitrogens with zero attached hydrogens (tertiary/aromatic N) is 4. The Balaban J connectivity index is 2.49. The summed E-state index contributed by atoms with van der Waals surface area (Å²) in [6.07, 6.45) is 3.62. The monoisotopic (exact) mass is 202 g/mol. The van der Waals surface area contributed by atoms with E-state index in [1.807, 2.05) is 25.3 Å². The van der Waals surface area contributed by atoms with Crippen LogP contribution in [0.5, 0.6) is 0 Å². The summed E-state index contributed by atoms with van der Waals surface area (Å²) in [5, 5.41) is 4.15. The number of aryl methyl sites for hydroxylation is 1. The molecular formula is C11H14N4. The number of hydrogen-bond donors (Lipinski definition) is 0. The fraction of sp³-hybridized carbons (Fsp3) is 0.364. The van der Waals surface area contributed by atoms with Crippen molar-refractivity contribution in [2.45, 2.75) is 26.7 Å². The van der Waals surface area contributed by atoms with Gasteiger partial charge in [-0.25, -0.2) is 14.6 Å². The summed E-state index contributed by atoms with van der Waals surface area (Å²) in [6, 6.07) is 3.81. The largest absolute Gasteiger partial charge is 0.238 e. The maximum absolute atomic E-state index is 4.46. The molecule has 0 atom stereocenters. The zero-order valence-corrected chi connectivity index (χ0v) is 9.18. The van der Waals surface area contributed by atoms with Crippen LogP contribution in [-0.4, -0.2) is 19.7 Å². The molecule has 0 saturated heterocycles. The summed E-state index contributed by atoms with van der Waals surface area (Å²) < 4.78 is 1.75. The van der Waals surface area contributed by atoms with Crippen molar-refractivity contribution >= 4 is 0 Å². The standard InChI is InChI=1S/C11H14N4/c1-8(2)11-13-9(3)7-10(14-11)15-6-4-5-12-15/h4-8H,1-3H3. The highest BCUT2D eigenvalue weighted by atomic mass is 15.3. The van der Waals surface area contributed by atoms with E-state index in [0.717, 1.165) is 17.3 Å². The minimum absolute atomic E-state index is 0.333. The molecule has 0 aliphatic carbocycles. The molecule has 4 nitrogen and oxygen atoms in total. The summed E-state index contributed by atoms with van der Waals surface area (Å²) in [5.74, 6) is 2.02. The molecule has 0 aliphatic heterocycles. The molecule has 0 bridgehead atoms. The first-order chi connectivity index (χ1) is 7.16. The molecule has 78 valence electrons. The molecule has 0 aliphatic rings. The van der Waals surface area contributed by atoms with E-state index in [1.54, 1.807) is 10.9 Å². The topological polar surface area (TPSA) is 43.6 Å². The van der Waals surface area contributed by atoms with Gasteiger partial charge in [0.1, 0.15) is 5.82 Å². The molecule has 2 aromatic heterocycles. The predicted octanol–water partition coefficient (Wildman–Crippen LogP) is 2.09. The Kier molecular flexibility index (Phi) is 2.49. The first kappa shape index (κ1) is 9.83. The van der Waals surface area contributed by atoms with Crippen LogP contribution in [0.2, 0.25) is 0 Å². The molecule has 0 amide bonds.